The number of rotatable bonds is 5. The van der Waals surface area contributed by atoms with E-state index in [1.807, 2.05) is 0 Å². The van der Waals surface area contributed by atoms with Crippen LogP contribution >= 0.6 is 11.3 Å². The van der Waals surface area contributed by atoms with Gasteiger partial charge in [-0.2, -0.15) is 0 Å². The summed E-state index contributed by atoms with van der Waals surface area (Å²) in [5.74, 6) is -0.0734. The molecule has 0 bridgehead atoms. The zero-order valence-corrected chi connectivity index (χ0v) is 11.6. The van der Waals surface area contributed by atoms with Crippen molar-refractivity contribution in [2.45, 2.75) is 31.8 Å². The van der Waals surface area contributed by atoms with Crippen molar-refractivity contribution in [3.8, 4) is 0 Å². The molecule has 1 aromatic heterocycles. The van der Waals surface area contributed by atoms with Gasteiger partial charge in [-0.05, 0) is 44.3 Å². The van der Waals surface area contributed by atoms with Crippen molar-refractivity contribution in [2.24, 2.45) is 5.73 Å². The minimum Gasteiger partial charge on any atom is -0.353 e. The molecule has 2 rings (SSSR count). The van der Waals surface area contributed by atoms with E-state index in [0.717, 1.165) is 13.1 Å². The SMILES string of the molecule is C[C@@H](N)C(=O)NCC(c1cccs1)N1CCCC1. The second-order valence-electron chi connectivity index (χ2n) is 4.81. The van der Waals surface area contributed by atoms with Gasteiger partial charge in [-0.25, -0.2) is 0 Å². The van der Waals surface area contributed by atoms with Gasteiger partial charge in [0.2, 0.25) is 5.91 Å². The van der Waals surface area contributed by atoms with Crippen molar-refractivity contribution >= 4 is 17.2 Å². The van der Waals surface area contributed by atoms with Crippen molar-refractivity contribution < 1.29 is 4.79 Å². The molecule has 100 valence electrons. The number of nitrogens with zero attached hydrogens (tertiary/aromatic N) is 1. The first-order chi connectivity index (χ1) is 8.68. The molecular weight excluding hydrogens is 246 g/mol. The van der Waals surface area contributed by atoms with Crippen LogP contribution in [0.2, 0.25) is 0 Å². The van der Waals surface area contributed by atoms with Gasteiger partial charge in [0.25, 0.3) is 0 Å². The minimum absolute atomic E-state index is 0.0734. The van der Waals surface area contributed by atoms with Gasteiger partial charge in [-0.3, -0.25) is 9.69 Å². The molecule has 5 heteroatoms. The number of thiophene rings is 1. The quantitative estimate of drug-likeness (QED) is 0.846. The molecule has 3 N–H and O–H groups in total. The summed E-state index contributed by atoms with van der Waals surface area (Å²) < 4.78 is 0. The molecule has 18 heavy (non-hydrogen) atoms. The third-order valence-electron chi connectivity index (χ3n) is 3.34. The topological polar surface area (TPSA) is 58.4 Å². The Bertz CT molecular complexity index is 372. The molecule has 1 amide bonds. The average molecular weight is 267 g/mol. The molecule has 0 radical (unpaired) electrons. The summed E-state index contributed by atoms with van der Waals surface area (Å²) in [5, 5.41) is 5.04. The number of nitrogens with two attached hydrogens (primary N) is 1. The lowest BCUT2D eigenvalue weighted by Gasteiger charge is -2.27. The van der Waals surface area contributed by atoms with E-state index < -0.39 is 6.04 Å². The van der Waals surface area contributed by atoms with Crippen LogP contribution in [0.4, 0.5) is 0 Å². The Balaban J connectivity index is 1.99. The van der Waals surface area contributed by atoms with E-state index in [-0.39, 0.29) is 5.91 Å². The molecule has 0 spiro atoms. The molecule has 1 saturated heterocycles. The fourth-order valence-corrected chi connectivity index (χ4v) is 3.16. The lowest BCUT2D eigenvalue weighted by atomic mass is 10.2. The first-order valence-electron chi connectivity index (χ1n) is 6.49. The van der Waals surface area contributed by atoms with Gasteiger partial charge in [0.15, 0.2) is 0 Å². The number of amides is 1. The van der Waals surface area contributed by atoms with Crippen molar-refractivity contribution in [3.05, 3.63) is 22.4 Å². The van der Waals surface area contributed by atoms with Crippen LogP contribution in [-0.2, 0) is 4.79 Å². The number of likely N-dealkylation sites (tertiary alicyclic amines) is 1. The van der Waals surface area contributed by atoms with E-state index in [9.17, 15) is 4.79 Å². The maximum atomic E-state index is 11.6. The van der Waals surface area contributed by atoms with Gasteiger partial charge in [-0.15, -0.1) is 11.3 Å². The Morgan fingerprint density at radius 3 is 2.83 bits per heavy atom. The lowest BCUT2D eigenvalue weighted by Crippen LogP contribution is -2.42. The summed E-state index contributed by atoms with van der Waals surface area (Å²) in [4.78, 5) is 15.4. The molecule has 0 saturated carbocycles. The van der Waals surface area contributed by atoms with Crippen molar-refractivity contribution in [2.75, 3.05) is 19.6 Å². The molecule has 0 aliphatic carbocycles. The number of hydrogen-bond acceptors (Lipinski definition) is 4. The standard InChI is InChI=1S/C13H21N3OS/c1-10(14)13(17)15-9-11(12-5-4-8-18-12)16-6-2-3-7-16/h4-5,8,10-11H,2-3,6-7,9,14H2,1H3,(H,15,17)/t10-,11?/m1/s1. The third-order valence-corrected chi connectivity index (χ3v) is 4.31. The van der Waals surface area contributed by atoms with Crippen LogP contribution in [0.3, 0.4) is 0 Å². The van der Waals surface area contributed by atoms with E-state index in [4.69, 9.17) is 5.73 Å². The first kappa shape index (κ1) is 13.5. The van der Waals surface area contributed by atoms with E-state index in [0.29, 0.717) is 12.6 Å². The number of hydrogen-bond donors (Lipinski definition) is 2. The fraction of sp³-hybridized carbons (Fsp3) is 0.615. The van der Waals surface area contributed by atoms with Crippen molar-refractivity contribution in [3.63, 3.8) is 0 Å². The molecule has 2 heterocycles. The Kier molecular flexibility index (Phi) is 4.74. The number of nitrogens with one attached hydrogen (secondary N) is 1. The van der Waals surface area contributed by atoms with E-state index in [2.05, 4.69) is 27.7 Å². The van der Waals surface area contributed by atoms with Gasteiger partial charge < -0.3 is 11.1 Å². The second kappa shape index (κ2) is 6.31. The van der Waals surface area contributed by atoms with Crippen LogP contribution in [0.5, 0.6) is 0 Å². The van der Waals surface area contributed by atoms with Gasteiger partial charge in [0, 0.05) is 11.4 Å². The van der Waals surface area contributed by atoms with E-state index in [1.165, 1.54) is 17.7 Å². The molecule has 4 nitrogen and oxygen atoms in total. The normalized spacial score (nSPS) is 19.7. The molecule has 1 aliphatic heterocycles. The first-order valence-corrected chi connectivity index (χ1v) is 7.37. The Labute approximate surface area is 112 Å². The largest absolute Gasteiger partial charge is 0.353 e. The van der Waals surface area contributed by atoms with Crippen LogP contribution in [0.15, 0.2) is 17.5 Å². The summed E-state index contributed by atoms with van der Waals surface area (Å²) in [7, 11) is 0. The Morgan fingerprint density at radius 2 is 2.28 bits per heavy atom. The van der Waals surface area contributed by atoms with Crippen molar-refractivity contribution in [1.29, 1.82) is 0 Å². The summed E-state index contributed by atoms with van der Waals surface area (Å²) >= 11 is 1.75. The highest BCUT2D eigenvalue weighted by atomic mass is 32.1. The Hall–Kier alpha value is -0.910. The summed E-state index contributed by atoms with van der Waals surface area (Å²) in [6, 6.07) is 4.07. The zero-order valence-electron chi connectivity index (χ0n) is 10.8. The molecule has 1 fully saturated rings. The smallest absolute Gasteiger partial charge is 0.236 e. The highest BCUT2D eigenvalue weighted by molar-refractivity contribution is 7.10. The lowest BCUT2D eigenvalue weighted by molar-refractivity contribution is -0.122. The second-order valence-corrected chi connectivity index (χ2v) is 5.79. The van der Waals surface area contributed by atoms with Crippen LogP contribution < -0.4 is 11.1 Å². The summed E-state index contributed by atoms with van der Waals surface area (Å²) in [6.45, 7) is 4.61. The fourth-order valence-electron chi connectivity index (χ4n) is 2.30. The van der Waals surface area contributed by atoms with Gasteiger partial charge in [-0.1, -0.05) is 6.07 Å². The average Bonchev–Trinajstić information content (AvgIpc) is 3.01. The zero-order chi connectivity index (χ0) is 13.0. The minimum atomic E-state index is -0.437. The molecule has 2 atom stereocenters. The molecule has 0 aromatic carbocycles. The number of carbonyl (C=O) groups excluding carboxylic acids is 1. The van der Waals surface area contributed by atoms with E-state index in [1.54, 1.807) is 18.3 Å². The monoisotopic (exact) mass is 267 g/mol. The predicted octanol–water partition coefficient (Wildman–Crippen LogP) is 1.35. The van der Waals surface area contributed by atoms with Crippen molar-refractivity contribution in [1.82, 2.24) is 10.2 Å². The van der Waals surface area contributed by atoms with E-state index >= 15 is 0 Å². The van der Waals surface area contributed by atoms with Gasteiger partial charge >= 0.3 is 0 Å². The van der Waals surface area contributed by atoms with Crippen LogP contribution in [0, 0.1) is 0 Å². The molecule has 1 aliphatic rings. The number of carbonyl (C=O) groups is 1. The maximum absolute atomic E-state index is 11.6. The van der Waals surface area contributed by atoms with Gasteiger partial charge in [0.1, 0.15) is 0 Å². The third kappa shape index (κ3) is 3.31. The van der Waals surface area contributed by atoms with Crippen LogP contribution in [-0.4, -0.2) is 36.5 Å². The maximum Gasteiger partial charge on any atom is 0.236 e. The van der Waals surface area contributed by atoms with Crippen LogP contribution in [0.1, 0.15) is 30.7 Å². The Morgan fingerprint density at radius 1 is 1.56 bits per heavy atom. The highest BCUT2D eigenvalue weighted by Crippen LogP contribution is 2.27. The predicted molar refractivity (Wildman–Crippen MR) is 74.5 cm³/mol. The molecule has 1 aromatic rings. The molecule has 1 unspecified atom stereocenters. The summed E-state index contributed by atoms with van der Waals surface area (Å²) in [5.41, 5.74) is 5.57. The van der Waals surface area contributed by atoms with Gasteiger partial charge in [0.05, 0.1) is 12.1 Å². The summed E-state index contributed by atoms with van der Waals surface area (Å²) in [6.07, 6.45) is 2.51. The van der Waals surface area contributed by atoms with Crippen LogP contribution in [0.25, 0.3) is 0 Å². The highest BCUT2D eigenvalue weighted by Gasteiger charge is 2.24. The molecular formula is C13H21N3OS.